The molecule has 0 saturated carbocycles. The third kappa shape index (κ3) is 30.1. The Bertz CT molecular complexity index is 4590. The van der Waals surface area contributed by atoms with Gasteiger partial charge in [0.05, 0.1) is 83.3 Å². The summed E-state index contributed by atoms with van der Waals surface area (Å²) in [4.78, 5) is 37.1. The summed E-state index contributed by atoms with van der Waals surface area (Å²) in [5, 5.41) is 101. The number of hydrogen-bond donors (Lipinski definition) is 10. The van der Waals surface area contributed by atoms with Crippen LogP contribution in [0.3, 0.4) is 0 Å². The van der Waals surface area contributed by atoms with Gasteiger partial charge in [0.2, 0.25) is 0 Å². The summed E-state index contributed by atoms with van der Waals surface area (Å²) in [6, 6.07) is 30.6. The van der Waals surface area contributed by atoms with Crippen molar-refractivity contribution in [2.75, 3.05) is 52.7 Å². The number of hydrogen-bond acceptors (Lipinski definition) is 27. The van der Waals surface area contributed by atoms with E-state index in [1.54, 1.807) is 144 Å². The Kier molecular flexibility index (Phi) is 41.8. The molecule has 1 amide bonds. The van der Waals surface area contributed by atoms with Gasteiger partial charge in [-0.1, -0.05) is 154 Å². The second-order valence-corrected chi connectivity index (χ2v) is 35.2. The highest BCUT2D eigenvalue weighted by molar-refractivity contribution is 9.11. The van der Waals surface area contributed by atoms with Gasteiger partial charge in [-0.15, -0.1) is 26.3 Å². The van der Waals surface area contributed by atoms with Crippen LogP contribution in [0.2, 0.25) is 30.1 Å². The number of carboxylic acid groups (broad SMARTS) is 1. The molecule has 0 radical (unpaired) electrons. The fourth-order valence-electron chi connectivity index (χ4n) is 13.2. The third-order valence-corrected chi connectivity index (χ3v) is 22.9. The molecule has 8 saturated heterocycles. The molecule has 14 rings (SSSR count). The van der Waals surface area contributed by atoms with Gasteiger partial charge in [-0.3, -0.25) is 9.59 Å². The van der Waals surface area contributed by atoms with E-state index in [9.17, 15) is 55.2 Å². The zero-order valence-electron chi connectivity index (χ0n) is 68.8. The maximum Gasteiger partial charge on any atom is 0.337 e. The molecular formula is C87H102Br3Cl6NO28. The summed E-state index contributed by atoms with van der Waals surface area (Å²) >= 11 is 45.4. The Hall–Kier alpha value is -4.89. The largest absolute Gasteiger partial charge is 0.478 e. The van der Waals surface area contributed by atoms with Crippen molar-refractivity contribution in [1.82, 2.24) is 4.90 Å². The minimum absolute atomic E-state index is 0.0156. The van der Waals surface area contributed by atoms with Crippen LogP contribution in [0.15, 0.2) is 173 Å². The highest BCUT2D eigenvalue weighted by Crippen LogP contribution is 2.44. The highest BCUT2D eigenvalue weighted by Gasteiger charge is 2.59. The number of aliphatic hydroxyl groups is 9. The summed E-state index contributed by atoms with van der Waals surface area (Å²) in [7, 11) is 0. The van der Waals surface area contributed by atoms with Gasteiger partial charge in [-0.2, -0.15) is 0 Å². The molecule has 18 atom stereocenters. The van der Waals surface area contributed by atoms with Crippen molar-refractivity contribution in [3.8, 4) is 0 Å². The van der Waals surface area contributed by atoms with Crippen LogP contribution in [0.25, 0.3) is 0 Å². The molecular weight excluding hydrogens is 1960 g/mol. The molecule has 38 heteroatoms. The average Bonchev–Trinajstić information content (AvgIpc) is 1.61. The lowest BCUT2D eigenvalue weighted by molar-refractivity contribution is -0.284. The van der Waals surface area contributed by atoms with Crippen LogP contribution < -0.4 is 0 Å². The molecule has 6 aromatic carbocycles. The maximum absolute atomic E-state index is 12.7. The molecule has 8 aliphatic heterocycles. The van der Waals surface area contributed by atoms with Crippen molar-refractivity contribution in [2.45, 2.75) is 203 Å². The number of ether oxygens (including phenoxy) is 15. The predicted molar refractivity (Wildman–Crippen MR) is 473 cm³/mol. The van der Waals surface area contributed by atoms with Crippen molar-refractivity contribution in [3.63, 3.8) is 0 Å². The Morgan fingerprint density at radius 1 is 0.472 bits per heavy atom. The van der Waals surface area contributed by atoms with E-state index in [0.717, 1.165) is 30.7 Å². The van der Waals surface area contributed by atoms with Crippen LogP contribution in [-0.4, -0.2) is 242 Å². The van der Waals surface area contributed by atoms with Gasteiger partial charge in [-0.05, 0) is 178 Å². The summed E-state index contributed by atoms with van der Waals surface area (Å²) in [5.41, 5.74) is 5.40. The number of halogens is 9. The first-order chi connectivity index (χ1) is 59.2. The van der Waals surface area contributed by atoms with Crippen molar-refractivity contribution in [2.24, 2.45) is 0 Å². The lowest BCUT2D eigenvalue weighted by atomic mass is 9.93. The third-order valence-electron chi connectivity index (χ3n) is 19.3. The van der Waals surface area contributed by atoms with Crippen LogP contribution in [0.4, 0.5) is 0 Å². The smallest absolute Gasteiger partial charge is 0.337 e. The van der Waals surface area contributed by atoms with E-state index in [4.69, 9.17) is 151 Å². The number of morpholine rings is 1. The Morgan fingerprint density at radius 2 is 0.872 bits per heavy atom. The fraction of sp³-hybridized carbons (Fsp3) is 0.460. The lowest BCUT2D eigenvalue weighted by Crippen LogP contribution is -2.54. The molecule has 0 spiro atoms. The minimum atomic E-state index is -1.58. The number of fused-ring (bicyclic) bond motifs is 3. The molecule has 0 bridgehead atoms. The van der Waals surface area contributed by atoms with Crippen LogP contribution in [0.1, 0.15) is 113 Å². The number of carbonyl (C=O) groups is 3. The first kappa shape index (κ1) is 105. The zero-order chi connectivity index (χ0) is 91.9. The number of aliphatic hydroxyl groups excluding tert-OH is 9. The normalized spacial score (nSPS) is 27.0. The van der Waals surface area contributed by atoms with Crippen LogP contribution in [0, 0.1) is 0 Å². The number of ketones is 1. The zero-order valence-corrected chi connectivity index (χ0v) is 78.1. The summed E-state index contributed by atoms with van der Waals surface area (Å²) in [6.45, 7) is 29.8. The minimum Gasteiger partial charge on any atom is -0.478 e. The van der Waals surface area contributed by atoms with Gasteiger partial charge in [0, 0.05) is 57.2 Å². The molecule has 6 aromatic rings. The van der Waals surface area contributed by atoms with Gasteiger partial charge < -0.3 is 127 Å². The van der Waals surface area contributed by atoms with E-state index >= 15 is 0 Å². The van der Waals surface area contributed by atoms with Gasteiger partial charge in [-0.25, -0.2) is 4.79 Å². The monoisotopic (exact) mass is 2060 g/mol. The molecule has 8 fully saturated rings. The number of aromatic carboxylic acids is 1. The lowest BCUT2D eigenvalue weighted by Gasteiger charge is -2.38. The molecule has 686 valence electrons. The second-order valence-electron chi connectivity index (χ2n) is 30.0. The Morgan fingerprint density at radius 3 is 1.33 bits per heavy atom. The van der Waals surface area contributed by atoms with Crippen LogP contribution in [0.5, 0.6) is 0 Å². The van der Waals surface area contributed by atoms with Crippen molar-refractivity contribution >= 4 is 135 Å². The molecule has 10 N–H and O–H groups in total. The maximum atomic E-state index is 12.7. The van der Waals surface area contributed by atoms with E-state index in [1.165, 1.54) is 12.1 Å². The number of benzene rings is 6. The summed E-state index contributed by atoms with van der Waals surface area (Å²) in [6.07, 6.45) is -11.4. The number of nitrogens with zero attached hydrogens (tertiary/aromatic N) is 1. The molecule has 2 unspecified atom stereocenters. The average molecular weight is 2060 g/mol. The van der Waals surface area contributed by atoms with E-state index in [-0.39, 0.29) is 42.1 Å². The Balaban J connectivity index is 0.000000185. The number of rotatable bonds is 24. The summed E-state index contributed by atoms with van der Waals surface area (Å²) in [5.74, 6) is -4.05. The van der Waals surface area contributed by atoms with Gasteiger partial charge >= 0.3 is 5.97 Å². The van der Waals surface area contributed by atoms with Crippen LogP contribution >= 0.6 is 117 Å². The van der Waals surface area contributed by atoms with Gasteiger partial charge in [0.25, 0.3) is 5.91 Å². The van der Waals surface area contributed by atoms with E-state index in [1.807, 2.05) is 24.3 Å². The Labute approximate surface area is 779 Å². The number of carbonyl (C=O) groups excluding carboxylic acids is 2. The molecule has 0 aliphatic carbocycles. The molecule has 8 aliphatic rings. The molecule has 125 heavy (non-hydrogen) atoms. The first-order valence-corrected chi connectivity index (χ1v) is 43.6. The second kappa shape index (κ2) is 49.6. The SMILES string of the molecule is C=CCOCc1cc(Br)ccc1Cl.C=CCOCc1cc(C(=O)[C@@H]2O[C@H]3OC(C)(C)O[C@H]3[C@@H]2O)ccc1Cl.C=CCOCc1cc([C@@H]2OC(O)[C@@H](O)[C@H](O)[C@H]2O)ccc1Cl.C=CCOCc1cc([C@H](O)[C@@H]2O[C@H]3OC(C)(C)O[C@H]3[C@@H]2O)ccc1Cl.CC1(C)OC2O[C@@H](C(=O)N3CCOCC3)[C@@H](O)[C@@H]2O1.O=C(O)c1cc(Br)ccc1Cl.OCc1cc(Br)ccc1Cl. The fourth-order valence-corrected chi connectivity index (χ4v) is 15.5. The molecule has 8 heterocycles. The van der Waals surface area contributed by atoms with Crippen molar-refractivity contribution in [3.05, 3.63) is 253 Å². The van der Waals surface area contributed by atoms with Gasteiger partial charge in [0.15, 0.2) is 60.5 Å². The van der Waals surface area contributed by atoms with Gasteiger partial charge in [0.1, 0.15) is 73.2 Å². The summed E-state index contributed by atoms with van der Waals surface area (Å²) < 4.78 is 84.7. The van der Waals surface area contributed by atoms with E-state index in [2.05, 4.69) is 74.1 Å². The molecule has 29 nitrogen and oxygen atoms in total. The number of Topliss-reactive ketones (excluding diaryl/α,β-unsaturated/α-hetero) is 1. The van der Waals surface area contributed by atoms with Crippen LogP contribution in [-0.2, 0) is 109 Å². The highest BCUT2D eigenvalue weighted by atomic mass is 79.9. The quantitative estimate of drug-likeness (QED) is 0.0153. The van der Waals surface area contributed by atoms with E-state index in [0.29, 0.717) is 118 Å². The standard InChI is InChI=1S/C18H23ClO6.C18H21ClO6.C15H19ClO6.C12H19NO6.C10H10BrClO.C7H4BrClO2.C7H6BrClO/c2*1-4-7-22-9-11-8-10(5-6-12(11)19)13(20)15-14(21)16-17(23-15)25-18(2,3)24-16;1-2-5-21-7-9-6-8(3-4-10(9)16)14-12(18)11(17)13(19)15(20)22-14;1-12(2)18-9-7(14)8(17-11(9)19-12)10(15)13-3-5-16-6-4-13;1-2-5-13-7-8-6-9(11)3-4-10(8)12;8-4-1-2-6(9)5(3-4)7(10)11;8-6-1-2-7(9)5(3-6)4-10/h4-6,8,13-17,20-21H,1,7,9H2,2-3H3;4-6,8,14-17,21H,1,7,9H2,2-3H3;2-4,6,11-15,17-20H,1,5,7H2;7-9,11,14H,3-6H2,1-2H3;2-4,6H,1,5,7H2;1-3H,(H,10,11);1-3,10H,4H2/t13-,14+,15-,16-,17-;14-,15+,16+,17+;11-,12-,13+,14+,15?;7-,8-,9+,11?;;;/m0111.../s1. The van der Waals surface area contributed by atoms with Crippen molar-refractivity contribution in [1.29, 1.82) is 0 Å². The number of amides is 1. The first-order valence-electron chi connectivity index (χ1n) is 39.0. The topological polar surface area (TPSA) is 395 Å². The number of carboxylic acids is 1. The molecule has 0 aromatic heterocycles. The van der Waals surface area contributed by atoms with Crippen molar-refractivity contribution < 1.29 is 137 Å². The predicted octanol–water partition coefficient (Wildman–Crippen LogP) is 13.6. The van der Waals surface area contributed by atoms with E-state index < -0.39 is 134 Å².